The standard InChI is InChI=1S/C25H21ClN4O2/c26-19-6-4-5-18(15-19)23-14-13-22(30(23)16-24(31)29-25(27)28)17-9-11-21(12-10-17)32-20-7-2-1-3-8-20/h1-15H,16H2,(H4,27,28,29,31). The van der Waals surface area contributed by atoms with Gasteiger partial charge in [-0.2, -0.15) is 4.99 Å². The number of guanidine groups is 1. The predicted octanol–water partition coefficient (Wildman–Crippen LogP) is 5.07. The number of carbonyl (C=O) groups excluding carboxylic acids is 1. The fourth-order valence-corrected chi connectivity index (χ4v) is 3.61. The number of rotatable bonds is 6. The Labute approximate surface area is 190 Å². The molecule has 0 saturated carbocycles. The summed E-state index contributed by atoms with van der Waals surface area (Å²) < 4.78 is 7.74. The number of nitrogens with zero attached hydrogens (tertiary/aromatic N) is 2. The zero-order chi connectivity index (χ0) is 22.5. The lowest BCUT2D eigenvalue weighted by atomic mass is 10.1. The van der Waals surface area contributed by atoms with E-state index in [4.69, 9.17) is 27.8 Å². The number of ether oxygens (including phenoxy) is 1. The van der Waals surface area contributed by atoms with E-state index >= 15 is 0 Å². The number of amides is 1. The average Bonchev–Trinajstić information content (AvgIpc) is 3.18. The Balaban J connectivity index is 1.70. The van der Waals surface area contributed by atoms with Gasteiger partial charge in [0.1, 0.15) is 18.0 Å². The van der Waals surface area contributed by atoms with Crippen LogP contribution >= 0.6 is 11.6 Å². The molecule has 3 aromatic carbocycles. The molecule has 0 saturated heterocycles. The smallest absolute Gasteiger partial charge is 0.268 e. The van der Waals surface area contributed by atoms with E-state index in [2.05, 4.69) is 4.99 Å². The quantitative estimate of drug-likeness (QED) is 0.320. The SMILES string of the molecule is NC(N)=NC(=O)Cn1c(-c2ccc(Oc3ccccc3)cc2)ccc1-c1cccc(Cl)c1. The van der Waals surface area contributed by atoms with Crippen LogP contribution in [0.15, 0.2) is 96.0 Å². The van der Waals surface area contributed by atoms with Crippen LogP contribution in [0.2, 0.25) is 5.02 Å². The third kappa shape index (κ3) is 4.99. The first kappa shape index (κ1) is 21.2. The van der Waals surface area contributed by atoms with Crippen molar-refractivity contribution < 1.29 is 9.53 Å². The third-order valence-corrected chi connectivity index (χ3v) is 5.01. The summed E-state index contributed by atoms with van der Waals surface area (Å²) in [6, 6.07) is 28.6. The fourth-order valence-electron chi connectivity index (χ4n) is 3.42. The van der Waals surface area contributed by atoms with Gasteiger partial charge in [0.2, 0.25) is 0 Å². The molecule has 4 aromatic rings. The highest BCUT2D eigenvalue weighted by atomic mass is 35.5. The monoisotopic (exact) mass is 444 g/mol. The van der Waals surface area contributed by atoms with Gasteiger partial charge in [-0.15, -0.1) is 0 Å². The number of nitrogens with two attached hydrogens (primary N) is 2. The zero-order valence-corrected chi connectivity index (χ0v) is 17.9. The molecular weight excluding hydrogens is 424 g/mol. The summed E-state index contributed by atoms with van der Waals surface area (Å²) >= 11 is 6.18. The number of aromatic nitrogens is 1. The molecule has 1 aromatic heterocycles. The maximum Gasteiger partial charge on any atom is 0.268 e. The van der Waals surface area contributed by atoms with Gasteiger partial charge in [0, 0.05) is 16.4 Å². The van der Waals surface area contributed by atoms with E-state index in [1.54, 1.807) is 6.07 Å². The molecule has 7 heteroatoms. The Kier molecular flexibility index (Phi) is 6.24. The minimum Gasteiger partial charge on any atom is -0.457 e. The molecule has 1 amide bonds. The van der Waals surface area contributed by atoms with Gasteiger partial charge >= 0.3 is 0 Å². The Morgan fingerprint density at radius 3 is 2.12 bits per heavy atom. The van der Waals surface area contributed by atoms with Crippen LogP contribution in [-0.4, -0.2) is 16.4 Å². The summed E-state index contributed by atoms with van der Waals surface area (Å²) in [5.41, 5.74) is 14.2. The molecule has 4 rings (SSSR count). The molecule has 0 spiro atoms. The Morgan fingerprint density at radius 1 is 0.812 bits per heavy atom. The van der Waals surface area contributed by atoms with Crippen molar-refractivity contribution in [2.24, 2.45) is 16.5 Å². The van der Waals surface area contributed by atoms with Crippen molar-refractivity contribution in [3.63, 3.8) is 0 Å². The maximum atomic E-state index is 12.4. The normalized spacial score (nSPS) is 10.5. The second-order valence-corrected chi connectivity index (χ2v) is 7.51. The van der Waals surface area contributed by atoms with Crippen molar-refractivity contribution in [1.29, 1.82) is 0 Å². The van der Waals surface area contributed by atoms with Crippen LogP contribution in [0.25, 0.3) is 22.5 Å². The molecule has 1 heterocycles. The number of aliphatic imine (C=N–C) groups is 1. The van der Waals surface area contributed by atoms with Crippen LogP contribution in [-0.2, 0) is 11.3 Å². The minimum absolute atomic E-state index is 0.0235. The molecule has 0 radical (unpaired) electrons. The Hall–Kier alpha value is -4.03. The maximum absolute atomic E-state index is 12.4. The molecule has 0 aliphatic heterocycles. The molecule has 0 aliphatic rings. The van der Waals surface area contributed by atoms with Gasteiger partial charge < -0.3 is 20.8 Å². The van der Waals surface area contributed by atoms with Gasteiger partial charge in [0.05, 0.1) is 0 Å². The summed E-state index contributed by atoms with van der Waals surface area (Å²) in [5, 5.41) is 0.606. The first-order chi connectivity index (χ1) is 15.5. The first-order valence-corrected chi connectivity index (χ1v) is 10.3. The minimum atomic E-state index is -0.449. The van der Waals surface area contributed by atoms with Crippen molar-refractivity contribution in [3.05, 3.63) is 96.0 Å². The fraction of sp³-hybridized carbons (Fsp3) is 0.0400. The summed E-state index contributed by atoms with van der Waals surface area (Å²) in [6.07, 6.45) is 0. The van der Waals surface area contributed by atoms with Gasteiger partial charge in [-0.05, 0) is 71.8 Å². The van der Waals surface area contributed by atoms with Crippen molar-refractivity contribution in [2.75, 3.05) is 0 Å². The van der Waals surface area contributed by atoms with Crippen molar-refractivity contribution in [3.8, 4) is 34.0 Å². The van der Waals surface area contributed by atoms with Gasteiger partial charge in [-0.1, -0.05) is 41.9 Å². The molecule has 0 fully saturated rings. The number of hydrogen-bond acceptors (Lipinski definition) is 2. The van der Waals surface area contributed by atoms with E-state index < -0.39 is 5.91 Å². The summed E-state index contributed by atoms with van der Waals surface area (Å²) in [4.78, 5) is 16.1. The second-order valence-electron chi connectivity index (χ2n) is 7.07. The highest BCUT2D eigenvalue weighted by Crippen LogP contribution is 2.32. The number of para-hydroxylation sites is 1. The van der Waals surface area contributed by atoms with Crippen molar-refractivity contribution >= 4 is 23.5 Å². The summed E-state index contributed by atoms with van der Waals surface area (Å²) in [7, 11) is 0. The molecule has 0 aliphatic carbocycles. The average molecular weight is 445 g/mol. The lowest BCUT2D eigenvalue weighted by Crippen LogP contribution is -2.25. The van der Waals surface area contributed by atoms with Gasteiger partial charge in [-0.25, -0.2) is 0 Å². The van der Waals surface area contributed by atoms with Gasteiger partial charge in [0.15, 0.2) is 5.96 Å². The topological polar surface area (TPSA) is 95.6 Å². The molecule has 0 bridgehead atoms. The molecule has 0 atom stereocenters. The summed E-state index contributed by atoms with van der Waals surface area (Å²) in [5.74, 6) is 0.754. The van der Waals surface area contributed by atoms with E-state index in [1.165, 1.54) is 0 Å². The van der Waals surface area contributed by atoms with Crippen molar-refractivity contribution in [2.45, 2.75) is 6.54 Å². The second kappa shape index (κ2) is 9.41. The molecule has 32 heavy (non-hydrogen) atoms. The lowest BCUT2D eigenvalue weighted by Gasteiger charge is -2.13. The van der Waals surface area contributed by atoms with Crippen molar-refractivity contribution in [1.82, 2.24) is 4.57 Å². The van der Waals surface area contributed by atoms with E-state index in [0.29, 0.717) is 10.8 Å². The van der Waals surface area contributed by atoms with Crippen LogP contribution in [0, 0.1) is 0 Å². The van der Waals surface area contributed by atoms with Gasteiger partial charge in [-0.3, -0.25) is 4.79 Å². The summed E-state index contributed by atoms with van der Waals surface area (Å²) in [6.45, 7) is -0.0235. The molecule has 160 valence electrons. The van der Waals surface area contributed by atoms with E-state index in [9.17, 15) is 4.79 Å². The van der Waals surface area contributed by atoms with Crippen LogP contribution in [0.1, 0.15) is 0 Å². The van der Waals surface area contributed by atoms with Crippen LogP contribution in [0.4, 0.5) is 0 Å². The lowest BCUT2D eigenvalue weighted by molar-refractivity contribution is -0.118. The molecule has 6 nitrogen and oxygen atoms in total. The highest BCUT2D eigenvalue weighted by Gasteiger charge is 2.15. The number of halogens is 1. The molecule has 0 unspecified atom stereocenters. The Bertz CT molecular complexity index is 1260. The zero-order valence-electron chi connectivity index (χ0n) is 17.1. The van der Waals surface area contributed by atoms with Gasteiger partial charge in [0.25, 0.3) is 5.91 Å². The Morgan fingerprint density at radius 2 is 1.47 bits per heavy atom. The van der Waals surface area contributed by atoms with E-state index in [0.717, 1.165) is 28.3 Å². The predicted molar refractivity (Wildman–Crippen MR) is 128 cm³/mol. The third-order valence-electron chi connectivity index (χ3n) is 4.78. The first-order valence-electron chi connectivity index (χ1n) is 9.91. The largest absolute Gasteiger partial charge is 0.457 e. The molecule has 4 N–H and O–H groups in total. The number of carbonyl (C=O) groups is 1. The number of benzene rings is 3. The van der Waals surface area contributed by atoms with E-state index in [-0.39, 0.29) is 12.5 Å². The van der Waals surface area contributed by atoms with Crippen LogP contribution in [0.5, 0.6) is 11.5 Å². The highest BCUT2D eigenvalue weighted by molar-refractivity contribution is 6.30. The van der Waals surface area contributed by atoms with E-state index in [1.807, 2.05) is 89.5 Å². The van der Waals surface area contributed by atoms with Crippen LogP contribution in [0.3, 0.4) is 0 Å². The molecular formula is C25H21ClN4O2. The number of hydrogen-bond donors (Lipinski definition) is 2. The van der Waals surface area contributed by atoms with Crippen LogP contribution < -0.4 is 16.2 Å².